The highest BCUT2D eigenvalue weighted by atomic mass is 127. The van der Waals surface area contributed by atoms with Gasteiger partial charge >= 0.3 is 6.61 Å². The third-order valence-electron chi connectivity index (χ3n) is 4.67. The van der Waals surface area contributed by atoms with Gasteiger partial charge in [0.25, 0.3) is 0 Å². The van der Waals surface area contributed by atoms with E-state index in [1.807, 2.05) is 0 Å². The van der Waals surface area contributed by atoms with Crippen LogP contribution in [0.4, 0.5) is 8.78 Å². The Hall–Kier alpha value is -1.20. The van der Waals surface area contributed by atoms with Crippen molar-refractivity contribution in [1.82, 2.24) is 15.5 Å². The molecular weight excluding hydrogens is 493 g/mol. The summed E-state index contributed by atoms with van der Waals surface area (Å²) in [7, 11) is 1.70. The summed E-state index contributed by atoms with van der Waals surface area (Å²) in [6.07, 6.45) is 1.08. The summed E-state index contributed by atoms with van der Waals surface area (Å²) < 4.78 is 35.2. The van der Waals surface area contributed by atoms with E-state index in [9.17, 15) is 8.78 Å². The molecule has 9 heteroatoms. The van der Waals surface area contributed by atoms with E-state index in [0.717, 1.165) is 39.3 Å². The van der Waals surface area contributed by atoms with Gasteiger partial charge in [0.1, 0.15) is 5.75 Å². The summed E-state index contributed by atoms with van der Waals surface area (Å²) in [5.74, 6) is 1.39. The van der Waals surface area contributed by atoms with Crippen molar-refractivity contribution in [2.24, 2.45) is 10.9 Å². The molecular formula is C20H33F2IN4O2. The van der Waals surface area contributed by atoms with Crippen molar-refractivity contribution >= 4 is 29.9 Å². The first-order valence-corrected chi connectivity index (χ1v) is 9.78. The fourth-order valence-corrected chi connectivity index (χ4v) is 3.32. The van der Waals surface area contributed by atoms with Gasteiger partial charge in [-0.2, -0.15) is 8.78 Å². The summed E-state index contributed by atoms with van der Waals surface area (Å²) in [4.78, 5) is 6.71. The van der Waals surface area contributed by atoms with Crippen LogP contribution in [0.15, 0.2) is 29.3 Å². The molecule has 0 bridgehead atoms. The van der Waals surface area contributed by atoms with Crippen LogP contribution in [0.2, 0.25) is 0 Å². The maximum Gasteiger partial charge on any atom is 0.387 e. The standard InChI is InChI=1S/C20H32F2N4O2.HI/c1-15(2)12-17(26-8-10-27-11-9-26)14-25-20(23-3)24-13-16-6-4-5-7-18(16)28-19(21)22;/h4-7,15,17,19H,8-14H2,1-3H3,(H2,23,24,25);1H. The lowest BCUT2D eigenvalue weighted by atomic mass is 10.0. The first-order valence-electron chi connectivity index (χ1n) is 9.78. The summed E-state index contributed by atoms with van der Waals surface area (Å²) in [5, 5.41) is 6.55. The second kappa shape index (κ2) is 13.9. The zero-order valence-corrected chi connectivity index (χ0v) is 19.7. The molecule has 1 aromatic rings. The molecule has 0 aromatic heterocycles. The first kappa shape index (κ1) is 25.8. The van der Waals surface area contributed by atoms with Crippen molar-refractivity contribution in [3.05, 3.63) is 29.8 Å². The third kappa shape index (κ3) is 9.43. The Morgan fingerprint density at radius 3 is 2.52 bits per heavy atom. The van der Waals surface area contributed by atoms with Crippen molar-refractivity contribution < 1.29 is 18.3 Å². The van der Waals surface area contributed by atoms with Gasteiger partial charge in [-0.3, -0.25) is 9.89 Å². The van der Waals surface area contributed by atoms with Gasteiger partial charge in [-0.1, -0.05) is 32.0 Å². The predicted octanol–water partition coefficient (Wildman–Crippen LogP) is 3.32. The number of guanidine groups is 1. The predicted molar refractivity (Wildman–Crippen MR) is 122 cm³/mol. The molecule has 0 saturated carbocycles. The number of nitrogens with zero attached hydrogens (tertiary/aromatic N) is 2. The number of aliphatic imine (C=N–C) groups is 1. The maximum absolute atomic E-state index is 12.6. The van der Waals surface area contributed by atoms with Gasteiger partial charge in [0.15, 0.2) is 5.96 Å². The number of halogens is 3. The fraction of sp³-hybridized carbons (Fsp3) is 0.650. The van der Waals surface area contributed by atoms with Crippen LogP contribution in [0.25, 0.3) is 0 Å². The Morgan fingerprint density at radius 1 is 1.21 bits per heavy atom. The fourth-order valence-electron chi connectivity index (χ4n) is 3.32. The van der Waals surface area contributed by atoms with E-state index in [1.165, 1.54) is 6.07 Å². The molecule has 1 fully saturated rings. The van der Waals surface area contributed by atoms with E-state index in [2.05, 4.69) is 39.1 Å². The van der Waals surface area contributed by atoms with Crippen LogP contribution in [0.3, 0.4) is 0 Å². The second-order valence-corrected chi connectivity index (χ2v) is 7.22. The number of nitrogens with one attached hydrogen (secondary N) is 2. The van der Waals surface area contributed by atoms with Crippen LogP contribution < -0.4 is 15.4 Å². The molecule has 1 aliphatic heterocycles. The molecule has 2 N–H and O–H groups in total. The summed E-state index contributed by atoms with van der Waals surface area (Å²) in [6.45, 7) is 6.10. The molecule has 0 spiro atoms. The third-order valence-corrected chi connectivity index (χ3v) is 4.67. The molecule has 1 aliphatic rings. The van der Waals surface area contributed by atoms with E-state index in [0.29, 0.717) is 30.0 Å². The smallest absolute Gasteiger partial charge is 0.387 e. The quantitative estimate of drug-likeness (QED) is 0.294. The minimum atomic E-state index is -2.84. The molecule has 0 aliphatic carbocycles. The van der Waals surface area contributed by atoms with E-state index in [1.54, 1.807) is 25.2 Å². The topological polar surface area (TPSA) is 58.1 Å². The maximum atomic E-state index is 12.6. The van der Waals surface area contributed by atoms with Crippen LogP contribution in [0.5, 0.6) is 5.75 Å². The monoisotopic (exact) mass is 526 g/mol. The highest BCUT2D eigenvalue weighted by Gasteiger charge is 2.22. The normalized spacial score (nSPS) is 16.4. The lowest BCUT2D eigenvalue weighted by Gasteiger charge is -2.35. The lowest BCUT2D eigenvalue weighted by Crippen LogP contribution is -2.51. The average molecular weight is 526 g/mol. The van der Waals surface area contributed by atoms with Gasteiger partial charge in [-0.25, -0.2) is 0 Å². The zero-order chi connectivity index (χ0) is 20.4. The highest BCUT2D eigenvalue weighted by molar-refractivity contribution is 14.0. The van der Waals surface area contributed by atoms with Crippen LogP contribution >= 0.6 is 24.0 Å². The van der Waals surface area contributed by atoms with Crippen molar-refractivity contribution in [1.29, 1.82) is 0 Å². The molecule has 6 nitrogen and oxygen atoms in total. The van der Waals surface area contributed by atoms with Gasteiger partial charge < -0.3 is 20.1 Å². The zero-order valence-electron chi connectivity index (χ0n) is 17.4. The van der Waals surface area contributed by atoms with E-state index < -0.39 is 6.61 Å². The van der Waals surface area contributed by atoms with Gasteiger partial charge in [0.2, 0.25) is 0 Å². The second-order valence-electron chi connectivity index (χ2n) is 7.22. The van der Waals surface area contributed by atoms with Crippen LogP contribution in [0.1, 0.15) is 25.8 Å². The average Bonchev–Trinajstić information content (AvgIpc) is 2.68. The SMILES string of the molecule is CN=C(NCc1ccccc1OC(F)F)NCC(CC(C)C)N1CCOCC1.I. The molecule has 1 heterocycles. The lowest BCUT2D eigenvalue weighted by molar-refractivity contribution is -0.0504. The minimum absolute atomic E-state index is 0. The Kier molecular flexibility index (Phi) is 12.4. The number of ether oxygens (including phenoxy) is 2. The molecule has 29 heavy (non-hydrogen) atoms. The van der Waals surface area contributed by atoms with Crippen molar-refractivity contribution in [3.8, 4) is 5.75 Å². The van der Waals surface area contributed by atoms with Gasteiger partial charge in [0, 0.05) is 44.8 Å². The van der Waals surface area contributed by atoms with Gasteiger partial charge in [0.05, 0.1) is 13.2 Å². The molecule has 0 radical (unpaired) electrons. The molecule has 1 unspecified atom stereocenters. The van der Waals surface area contributed by atoms with Gasteiger partial charge in [-0.05, 0) is 18.4 Å². The van der Waals surface area contributed by atoms with Gasteiger partial charge in [-0.15, -0.1) is 24.0 Å². The number of morpholine rings is 1. The number of hydrogen-bond acceptors (Lipinski definition) is 4. The Bertz CT molecular complexity index is 614. The Morgan fingerprint density at radius 2 is 1.90 bits per heavy atom. The number of alkyl halides is 2. The molecule has 1 aromatic carbocycles. The molecule has 166 valence electrons. The van der Waals surface area contributed by atoms with Crippen LogP contribution in [-0.4, -0.2) is 63.4 Å². The molecule has 1 atom stereocenters. The number of rotatable bonds is 9. The van der Waals surface area contributed by atoms with Crippen LogP contribution in [0, 0.1) is 5.92 Å². The summed E-state index contributed by atoms with van der Waals surface area (Å²) in [6, 6.07) is 7.15. The largest absolute Gasteiger partial charge is 0.434 e. The van der Waals surface area contributed by atoms with E-state index >= 15 is 0 Å². The first-order chi connectivity index (χ1) is 13.5. The van der Waals surface area contributed by atoms with E-state index in [4.69, 9.17) is 4.74 Å². The van der Waals surface area contributed by atoms with Crippen molar-refractivity contribution in [2.45, 2.75) is 39.5 Å². The molecule has 1 saturated heterocycles. The Balaban J connectivity index is 0.00000420. The molecule has 0 amide bonds. The summed E-state index contributed by atoms with van der Waals surface area (Å²) >= 11 is 0. The summed E-state index contributed by atoms with van der Waals surface area (Å²) in [5.41, 5.74) is 0.651. The van der Waals surface area contributed by atoms with Crippen LogP contribution in [-0.2, 0) is 11.3 Å². The van der Waals surface area contributed by atoms with E-state index in [-0.39, 0.29) is 29.7 Å². The van der Waals surface area contributed by atoms with Crippen molar-refractivity contribution in [2.75, 3.05) is 39.9 Å². The van der Waals surface area contributed by atoms with Crippen molar-refractivity contribution in [3.63, 3.8) is 0 Å². The number of benzene rings is 1. The highest BCUT2D eigenvalue weighted by Crippen LogP contribution is 2.20. The molecule has 2 rings (SSSR count). The minimum Gasteiger partial charge on any atom is -0.434 e. The Labute approximate surface area is 189 Å². The number of para-hydroxylation sites is 1. The number of hydrogen-bond donors (Lipinski definition) is 2.